The first-order valence-corrected chi connectivity index (χ1v) is 4.54. The predicted octanol–water partition coefficient (Wildman–Crippen LogP) is 0.958. The molecule has 0 aliphatic heterocycles. The lowest BCUT2D eigenvalue weighted by Crippen LogP contribution is -2.07. The minimum absolute atomic E-state index is 0.110. The number of rotatable bonds is 5. The van der Waals surface area contributed by atoms with Crippen LogP contribution in [-0.4, -0.2) is 24.3 Å². The van der Waals surface area contributed by atoms with Crippen molar-refractivity contribution in [1.29, 1.82) is 0 Å². The predicted molar refractivity (Wildman–Crippen MR) is 44.5 cm³/mol. The lowest BCUT2D eigenvalue weighted by atomic mass is 10.3. The summed E-state index contributed by atoms with van der Waals surface area (Å²) in [6, 6.07) is 0. The van der Waals surface area contributed by atoms with Crippen molar-refractivity contribution in [1.82, 2.24) is 0 Å². The third kappa shape index (κ3) is 2.81. The van der Waals surface area contributed by atoms with Gasteiger partial charge in [0.05, 0.1) is 6.61 Å². The van der Waals surface area contributed by atoms with E-state index < -0.39 is 0 Å². The summed E-state index contributed by atoms with van der Waals surface area (Å²) in [6.07, 6.45) is 2.36. The van der Waals surface area contributed by atoms with Crippen LogP contribution in [0.5, 0.6) is 0 Å². The Balaban J connectivity index is 1.99. The Hall–Kier alpha value is -0.570. The molecular formula is C9H16O3. The largest absolute Gasteiger partial charge is 0.465 e. The van der Waals surface area contributed by atoms with E-state index in [1.807, 2.05) is 6.92 Å². The van der Waals surface area contributed by atoms with Crippen molar-refractivity contribution in [2.75, 3.05) is 13.2 Å². The van der Waals surface area contributed by atoms with Crippen LogP contribution in [0.2, 0.25) is 0 Å². The zero-order valence-electron chi connectivity index (χ0n) is 7.45. The third-order valence-electron chi connectivity index (χ3n) is 2.22. The highest BCUT2D eigenvalue weighted by Gasteiger charge is 2.37. The Morgan fingerprint density at radius 3 is 2.83 bits per heavy atom. The van der Waals surface area contributed by atoms with Gasteiger partial charge in [-0.25, -0.2) is 0 Å². The molecule has 0 bridgehead atoms. The number of hydrogen-bond donors (Lipinski definition) is 1. The second-order valence-electron chi connectivity index (χ2n) is 3.37. The van der Waals surface area contributed by atoms with E-state index >= 15 is 0 Å². The summed E-state index contributed by atoms with van der Waals surface area (Å²) in [5.41, 5.74) is 0. The van der Waals surface area contributed by atoms with Gasteiger partial charge in [0.1, 0.15) is 0 Å². The van der Waals surface area contributed by atoms with Gasteiger partial charge in [-0.05, 0) is 24.7 Å². The van der Waals surface area contributed by atoms with Gasteiger partial charge >= 0.3 is 5.97 Å². The molecule has 1 rings (SSSR count). The summed E-state index contributed by atoms with van der Waals surface area (Å²) in [7, 11) is 0. The first-order valence-electron chi connectivity index (χ1n) is 4.54. The first-order chi connectivity index (χ1) is 5.77. The second kappa shape index (κ2) is 4.45. The molecule has 0 saturated heterocycles. The van der Waals surface area contributed by atoms with Crippen LogP contribution in [-0.2, 0) is 9.53 Å². The number of aliphatic hydroxyl groups is 1. The molecule has 1 aliphatic carbocycles. The molecule has 2 atom stereocenters. The normalized spacial score (nSPS) is 26.8. The van der Waals surface area contributed by atoms with Gasteiger partial charge in [-0.1, -0.05) is 6.92 Å². The van der Waals surface area contributed by atoms with Gasteiger partial charge in [0.15, 0.2) is 0 Å². The number of ether oxygens (including phenoxy) is 1. The van der Waals surface area contributed by atoms with E-state index in [1.165, 1.54) is 0 Å². The van der Waals surface area contributed by atoms with Crippen molar-refractivity contribution in [2.24, 2.45) is 11.8 Å². The summed E-state index contributed by atoms with van der Waals surface area (Å²) in [5, 5.41) is 8.70. The van der Waals surface area contributed by atoms with Crippen LogP contribution in [0.25, 0.3) is 0 Å². The Kier molecular flexibility index (Phi) is 3.53. The topological polar surface area (TPSA) is 46.5 Å². The maximum atomic E-state index is 10.9. The van der Waals surface area contributed by atoms with Crippen LogP contribution >= 0.6 is 0 Å². The van der Waals surface area contributed by atoms with Crippen molar-refractivity contribution in [2.45, 2.75) is 26.2 Å². The first kappa shape index (κ1) is 9.52. The van der Waals surface area contributed by atoms with E-state index in [9.17, 15) is 4.79 Å². The summed E-state index contributed by atoms with van der Waals surface area (Å²) in [6.45, 7) is 2.69. The molecule has 0 unspecified atom stereocenters. The summed E-state index contributed by atoms with van der Waals surface area (Å²) in [4.78, 5) is 10.9. The Morgan fingerprint density at radius 1 is 1.58 bits per heavy atom. The number of esters is 1. The average molecular weight is 172 g/mol. The molecule has 3 heteroatoms. The van der Waals surface area contributed by atoms with E-state index in [0.29, 0.717) is 24.9 Å². The lowest BCUT2D eigenvalue weighted by Gasteiger charge is -2.01. The van der Waals surface area contributed by atoms with Crippen LogP contribution in [0.1, 0.15) is 26.2 Å². The van der Waals surface area contributed by atoms with E-state index in [1.54, 1.807) is 0 Å². The van der Waals surface area contributed by atoms with Gasteiger partial charge in [-0.15, -0.1) is 0 Å². The van der Waals surface area contributed by atoms with E-state index in [2.05, 4.69) is 0 Å². The average Bonchev–Trinajstić information content (AvgIpc) is 2.80. The number of hydrogen-bond acceptors (Lipinski definition) is 3. The fourth-order valence-corrected chi connectivity index (χ4v) is 1.21. The molecule has 0 amide bonds. The van der Waals surface area contributed by atoms with E-state index in [4.69, 9.17) is 9.84 Å². The summed E-state index contributed by atoms with van der Waals surface area (Å²) >= 11 is 0. The van der Waals surface area contributed by atoms with E-state index in [0.717, 1.165) is 12.8 Å². The van der Waals surface area contributed by atoms with Crippen LogP contribution in [0, 0.1) is 11.8 Å². The van der Waals surface area contributed by atoms with Crippen LogP contribution in [0.4, 0.5) is 0 Å². The van der Waals surface area contributed by atoms with Gasteiger partial charge in [-0.3, -0.25) is 4.79 Å². The smallest absolute Gasteiger partial charge is 0.305 e. The van der Waals surface area contributed by atoms with Crippen molar-refractivity contribution in [3.05, 3.63) is 0 Å². The molecule has 12 heavy (non-hydrogen) atoms. The molecule has 1 N–H and O–H groups in total. The van der Waals surface area contributed by atoms with Crippen LogP contribution < -0.4 is 0 Å². The van der Waals surface area contributed by atoms with Crippen molar-refractivity contribution in [3.63, 3.8) is 0 Å². The van der Waals surface area contributed by atoms with Crippen molar-refractivity contribution < 1.29 is 14.6 Å². The fraction of sp³-hybridized carbons (Fsp3) is 0.889. The zero-order chi connectivity index (χ0) is 8.97. The Labute approximate surface area is 72.7 Å². The van der Waals surface area contributed by atoms with Gasteiger partial charge in [0, 0.05) is 13.0 Å². The molecule has 0 radical (unpaired) electrons. The Morgan fingerprint density at radius 2 is 2.33 bits per heavy atom. The molecule has 0 aromatic rings. The minimum Gasteiger partial charge on any atom is -0.465 e. The third-order valence-corrected chi connectivity index (χ3v) is 2.22. The van der Waals surface area contributed by atoms with Gasteiger partial charge < -0.3 is 9.84 Å². The Bertz CT molecular complexity index is 156. The molecule has 1 aliphatic rings. The van der Waals surface area contributed by atoms with Crippen LogP contribution in [0.15, 0.2) is 0 Å². The highest BCUT2D eigenvalue weighted by atomic mass is 16.5. The second-order valence-corrected chi connectivity index (χ2v) is 3.37. The van der Waals surface area contributed by atoms with Gasteiger partial charge in [0.25, 0.3) is 0 Å². The quantitative estimate of drug-likeness (QED) is 0.628. The molecule has 0 spiro atoms. The number of aliphatic hydroxyl groups excluding tert-OH is 1. The molecule has 3 nitrogen and oxygen atoms in total. The summed E-state index contributed by atoms with van der Waals surface area (Å²) < 4.78 is 4.99. The number of carbonyl (C=O) groups excluding carboxylic acids is 1. The van der Waals surface area contributed by atoms with E-state index in [-0.39, 0.29) is 12.6 Å². The highest BCUT2D eigenvalue weighted by Crippen LogP contribution is 2.37. The summed E-state index contributed by atoms with van der Waals surface area (Å²) in [5.74, 6) is 0.705. The van der Waals surface area contributed by atoms with Gasteiger partial charge in [-0.2, -0.15) is 0 Å². The molecule has 0 aromatic heterocycles. The molecule has 1 fully saturated rings. The monoisotopic (exact) mass is 172 g/mol. The van der Waals surface area contributed by atoms with Crippen molar-refractivity contribution in [3.8, 4) is 0 Å². The van der Waals surface area contributed by atoms with Crippen LogP contribution in [0.3, 0.4) is 0 Å². The standard InChI is InChI=1S/C9H16O3/c1-2-3-9(11)12-6-8-4-7(8)5-10/h7-8,10H,2-6H2,1H3/t7-,8+/m0/s1. The number of carbonyl (C=O) groups is 1. The maximum Gasteiger partial charge on any atom is 0.305 e. The molecule has 1 saturated carbocycles. The van der Waals surface area contributed by atoms with Crippen molar-refractivity contribution >= 4 is 5.97 Å². The minimum atomic E-state index is -0.110. The molecule has 0 heterocycles. The highest BCUT2D eigenvalue weighted by molar-refractivity contribution is 5.69. The lowest BCUT2D eigenvalue weighted by molar-refractivity contribution is -0.144. The molecule has 70 valence electrons. The maximum absolute atomic E-state index is 10.9. The molecule has 0 aromatic carbocycles. The van der Waals surface area contributed by atoms with Gasteiger partial charge in [0.2, 0.25) is 0 Å². The zero-order valence-corrected chi connectivity index (χ0v) is 7.45. The molecular weight excluding hydrogens is 156 g/mol. The fourth-order valence-electron chi connectivity index (χ4n) is 1.21. The SMILES string of the molecule is CCCC(=O)OC[C@H]1C[C@H]1CO.